The normalized spacial score (nSPS) is 17.3. The minimum absolute atomic E-state index is 0.0455. The summed E-state index contributed by atoms with van der Waals surface area (Å²) >= 11 is 5.94. The summed E-state index contributed by atoms with van der Waals surface area (Å²) in [7, 11) is 0. The predicted molar refractivity (Wildman–Crippen MR) is 122 cm³/mol. The second kappa shape index (κ2) is 10.8. The smallest absolute Gasteiger partial charge is 0.257 e. The van der Waals surface area contributed by atoms with Gasteiger partial charge in [0.15, 0.2) is 0 Å². The Kier molecular flexibility index (Phi) is 7.63. The third kappa shape index (κ3) is 5.79. The van der Waals surface area contributed by atoms with Gasteiger partial charge in [0.1, 0.15) is 12.4 Å². The third-order valence-corrected chi connectivity index (χ3v) is 6.06. The average molecular weight is 458 g/mol. The van der Waals surface area contributed by atoms with E-state index in [-0.39, 0.29) is 11.8 Å². The average Bonchev–Trinajstić information content (AvgIpc) is 2.84. The zero-order valence-corrected chi connectivity index (χ0v) is 18.8. The van der Waals surface area contributed by atoms with Gasteiger partial charge in [0, 0.05) is 44.3 Å². The topological polar surface area (TPSA) is 62.3 Å². The Bertz CT molecular complexity index is 923. The van der Waals surface area contributed by atoms with E-state index in [0.717, 1.165) is 5.56 Å². The Labute approximate surface area is 193 Å². The van der Waals surface area contributed by atoms with E-state index < -0.39 is 0 Å². The summed E-state index contributed by atoms with van der Waals surface area (Å²) < 4.78 is 11.3. The molecular formula is C24H28ClN3O4. The van der Waals surface area contributed by atoms with E-state index in [1.165, 1.54) is 0 Å². The molecule has 2 saturated heterocycles. The zero-order valence-electron chi connectivity index (χ0n) is 18.0. The number of benzene rings is 2. The van der Waals surface area contributed by atoms with Crippen molar-refractivity contribution in [3.63, 3.8) is 0 Å². The van der Waals surface area contributed by atoms with Crippen molar-refractivity contribution >= 4 is 23.4 Å². The van der Waals surface area contributed by atoms with Gasteiger partial charge in [0.05, 0.1) is 25.3 Å². The van der Waals surface area contributed by atoms with E-state index in [1.807, 2.05) is 52.3 Å². The molecule has 32 heavy (non-hydrogen) atoms. The first-order chi connectivity index (χ1) is 15.6. The Balaban J connectivity index is 1.31. The molecule has 0 aromatic heterocycles. The van der Waals surface area contributed by atoms with Gasteiger partial charge >= 0.3 is 0 Å². The standard InChI is InChI=1S/C24H28ClN3O4/c25-20-7-5-19(6-8-20)18-32-22-4-2-1-3-21(22)24(30)28-11-9-26(10-12-28)17-23(29)27-13-15-31-16-14-27/h1-8H,9-18H2. The zero-order chi connectivity index (χ0) is 22.3. The molecule has 170 valence electrons. The second-order valence-corrected chi connectivity index (χ2v) is 8.41. The van der Waals surface area contributed by atoms with Gasteiger partial charge in [-0.3, -0.25) is 14.5 Å². The van der Waals surface area contributed by atoms with E-state index in [2.05, 4.69) is 4.90 Å². The molecule has 0 N–H and O–H groups in total. The van der Waals surface area contributed by atoms with Crippen LogP contribution in [0.5, 0.6) is 5.75 Å². The number of carbonyl (C=O) groups excluding carboxylic acids is 2. The molecule has 8 heteroatoms. The molecule has 2 fully saturated rings. The number of hydrogen-bond acceptors (Lipinski definition) is 5. The fourth-order valence-electron chi connectivity index (χ4n) is 3.89. The van der Waals surface area contributed by atoms with Crippen LogP contribution >= 0.6 is 11.6 Å². The molecule has 0 bridgehead atoms. The number of amides is 2. The second-order valence-electron chi connectivity index (χ2n) is 7.97. The first-order valence-electron chi connectivity index (χ1n) is 10.9. The van der Waals surface area contributed by atoms with E-state index in [4.69, 9.17) is 21.1 Å². The third-order valence-electron chi connectivity index (χ3n) is 5.81. The van der Waals surface area contributed by atoms with Crippen molar-refractivity contribution in [3.8, 4) is 5.75 Å². The molecule has 0 radical (unpaired) electrons. The summed E-state index contributed by atoms with van der Waals surface area (Å²) in [6, 6.07) is 14.8. The van der Waals surface area contributed by atoms with Gasteiger partial charge in [-0.25, -0.2) is 0 Å². The number of morpholine rings is 1. The Hall–Kier alpha value is -2.61. The summed E-state index contributed by atoms with van der Waals surface area (Å²) in [5, 5.41) is 0.676. The summed E-state index contributed by atoms with van der Waals surface area (Å²) in [6.07, 6.45) is 0. The minimum atomic E-state index is -0.0455. The Morgan fingerprint density at radius 2 is 1.56 bits per heavy atom. The Morgan fingerprint density at radius 1 is 0.875 bits per heavy atom. The molecule has 0 aliphatic carbocycles. The van der Waals surface area contributed by atoms with Crippen LogP contribution in [0.2, 0.25) is 5.02 Å². The minimum Gasteiger partial charge on any atom is -0.488 e. The molecule has 2 aromatic carbocycles. The maximum atomic E-state index is 13.2. The number of ether oxygens (including phenoxy) is 2. The lowest BCUT2D eigenvalue weighted by atomic mass is 10.1. The molecule has 0 spiro atoms. The Morgan fingerprint density at radius 3 is 2.28 bits per heavy atom. The highest BCUT2D eigenvalue weighted by Gasteiger charge is 2.26. The van der Waals surface area contributed by atoms with Gasteiger partial charge in [-0.2, -0.15) is 0 Å². The predicted octanol–water partition coefficient (Wildman–Crippen LogP) is 2.54. The van der Waals surface area contributed by atoms with Crippen molar-refractivity contribution < 1.29 is 19.1 Å². The van der Waals surface area contributed by atoms with Crippen LogP contribution in [0.25, 0.3) is 0 Å². The highest BCUT2D eigenvalue weighted by Crippen LogP contribution is 2.22. The largest absolute Gasteiger partial charge is 0.488 e. The number of rotatable bonds is 6. The van der Waals surface area contributed by atoms with Crippen LogP contribution in [0.15, 0.2) is 48.5 Å². The van der Waals surface area contributed by atoms with Gasteiger partial charge in [-0.05, 0) is 29.8 Å². The molecule has 0 unspecified atom stereocenters. The fraction of sp³-hybridized carbons (Fsp3) is 0.417. The maximum absolute atomic E-state index is 13.2. The van der Waals surface area contributed by atoms with Gasteiger partial charge in [0.2, 0.25) is 5.91 Å². The van der Waals surface area contributed by atoms with Crippen molar-refractivity contribution in [1.82, 2.24) is 14.7 Å². The quantitative estimate of drug-likeness (QED) is 0.667. The monoisotopic (exact) mass is 457 g/mol. The highest BCUT2D eigenvalue weighted by molar-refractivity contribution is 6.30. The highest BCUT2D eigenvalue weighted by atomic mass is 35.5. The summed E-state index contributed by atoms with van der Waals surface area (Å²) in [5.41, 5.74) is 1.54. The van der Waals surface area contributed by atoms with Gasteiger partial charge in [-0.15, -0.1) is 0 Å². The molecule has 2 heterocycles. The number of carbonyl (C=O) groups is 2. The molecule has 2 amide bonds. The molecule has 2 aliphatic rings. The first-order valence-corrected chi connectivity index (χ1v) is 11.3. The number of nitrogens with zero attached hydrogens (tertiary/aromatic N) is 3. The SMILES string of the molecule is O=C(CN1CCN(C(=O)c2ccccc2OCc2ccc(Cl)cc2)CC1)N1CCOCC1. The lowest BCUT2D eigenvalue weighted by Crippen LogP contribution is -2.52. The van der Waals surface area contributed by atoms with Crippen LogP contribution < -0.4 is 4.74 Å². The van der Waals surface area contributed by atoms with E-state index in [0.29, 0.717) is 82.0 Å². The van der Waals surface area contributed by atoms with Gasteiger partial charge < -0.3 is 19.3 Å². The number of piperazine rings is 1. The van der Waals surface area contributed by atoms with Gasteiger partial charge in [-0.1, -0.05) is 35.9 Å². The molecule has 7 nitrogen and oxygen atoms in total. The van der Waals surface area contributed by atoms with Crippen LogP contribution in [0.4, 0.5) is 0 Å². The molecule has 0 saturated carbocycles. The summed E-state index contributed by atoms with van der Waals surface area (Å²) in [5.74, 6) is 0.655. The van der Waals surface area contributed by atoms with Crippen LogP contribution in [0.1, 0.15) is 15.9 Å². The fourth-order valence-corrected chi connectivity index (χ4v) is 4.02. The lowest BCUT2D eigenvalue weighted by molar-refractivity contribution is -0.136. The van der Waals surface area contributed by atoms with E-state index in [9.17, 15) is 9.59 Å². The van der Waals surface area contributed by atoms with Crippen molar-refractivity contribution in [1.29, 1.82) is 0 Å². The first kappa shape index (κ1) is 22.6. The van der Waals surface area contributed by atoms with Gasteiger partial charge in [0.25, 0.3) is 5.91 Å². The van der Waals surface area contributed by atoms with Crippen molar-refractivity contribution in [2.24, 2.45) is 0 Å². The summed E-state index contributed by atoms with van der Waals surface area (Å²) in [6.45, 7) is 5.80. The lowest BCUT2D eigenvalue weighted by Gasteiger charge is -2.36. The van der Waals surface area contributed by atoms with E-state index >= 15 is 0 Å². The molecular weight excluding hydrogens is 430 g/mol. The molecule has 4 rings (SSSR count). The van der Waals surface area contributed by atoms with Crippen LogP contribution in [-0.4, -0.2) is 85.5 Å². The van der Waals surface area contributed by atoms with Crippen molar-refractivity contribution in [2.45, 2.75) is 6.61 Å². The van der Waals surface area contributed by atoms with Crippen molar-refractivity contribution in [2.75, 3.05) is 59.0 Å². The molecule has 0 atom stereocenters. The van der Waals surface area contributed by atoms with Crippen LogP contribution in [0.3, 0.4) is 0 Å². The number of hydrogen-bond donors (Lipinski definition) is 0. The maximum Gasteiger partial charge on any atom is 0.257 e. The van der Waals surface area contributed by atoms with Crippen molar-refractivity contribution in [3.05, 3.63) is 64.7 Å². The van der Waals surface area contributed by atoms with Crippen LogP contribution in [-0.2, 0) is 16.1 Å². The number of para-hydroxylation sites is 1. The van der Waals surface area contributed by atoms with E-state index in [1.54, 1.807) is 6.07 Å². The molecule has 2 aromatic rings. The summed E-state index contributed by atoms with van der Waals surface area (Å²) in [4.78, 5) is 31.5. The number of halogens is 1. The molecule has 2 aliphatic heterocycles. The van der Waals surface area contributed by atoms with Crippen LogP contribution in [0, 0.1) is 0 Å².